The molecule has 0 saturated carbocycles. The highest BCUT2D eigenvalue weighted by Crippen LogP contribution is 2.46. The number of hydrogen-bond acceptors (Lipinski definition) is 2. The fourth-order valence-electron chi connectivity index (χ4n) is 8.64. The number of fused-ring (bicyclic) bond motifs is 10. The molecular weight excluding hydrogens is 657 g/mol. The Morgan fingerprint density at radius 3 is 2.02 bits per heavy atom. The van der Waals surface area contributed by atoms with Crippen LogP contribution in [-0.2, 0) is 0 Å². The summed E-state index contributed by atoms with van der Waals surface area (Å²) in [5, 5.41) is 9.45. The predicted molar refractivity (Wildman–Crippen MR) is 228 cm³/mol. The van der Waals surface area contributed by atoms with E-state index in [1.165, 1.54) is 43.7 Å². The second-order valence-electron chi connectivity index (χ2n) is 14.2. The third-order valence-electron chi connectivity index (χ3n) is 11.0. The quantitative estimate of drug-likeness (QED) is 0.179. The molecule has 2 heterocycles. The number of benzene rings is 9. The topological polar surface area (TPSA) is 21.3 Å². The molecule has 11 aromatic rings. The molecule has 11 rings (SSSR count). The Balaban J connectivity index is 1.22. The van der Waals surface area contributed by atoms with Gasteiger partial charge in [-0.25, -0.2) is 0 Å². The van der Waals surface area contributed by atoms with Crippen LogP contribution in [0.25, 0.3) is 82.1 Å². The van der Waals surface area contributed by atoms with Gasteiger partial charge in [-0.2, -0.15) is 0 Å². The van der Waals surface area contributed by atoms with Gasteiger partial charge in [0.1, 0.15) is 11.2 Å². The van der Waals surface area contributed by atoms with Crippen molar-refractivity contribution in [1.29, 1.82) is 0 Å². The second-order valence-corrected chi connectivity index (χ2v) is 14.2. The van der Waals surface area contributed by atoms with Crippen LogP contribution in [0.1, 0.15) is 5.56 Å². The Morgan fingerprint density at radius 2 is 1.15 bits per heavy atom. The number of hydrogen-bond donors (Lipinski definition) is 0. The molecule has 0 atom stereocenters. The Kier molecular flexibility index (Phi) is 6.77. The first-order valence-corrected chi connectivity index (χ1v) is 18.5. The zero-order valence-electron chi connectivity index (χ0n) is 29.7. The first kappa shape index (κ1) is 30.5. The maximum atomic E-state index is 6.63. The van der Waals surface area contributed by atoms with Gasteiger partial charge in [0.05, 0.1) is 16.7 Å². The molecule has 0 unspecified atom stereocenters. The molecule has 0 saturated heterocycles. The van der Waals surface area contributed by atoms with Crippen molar-refractivity contribution in [2.45, 2.75) is 6.92 Å². The zero-order chi connectivity index (χ0) is 35.8. The summed E-state index contributed by atoms with van der Waals surface area (Å²) < 4.78 is 9.08. The first-order chi connectivity index (χ1) is 26.7. The molecule has 254 valence electrons. The molecule has 0 spiro atoms. The normalized spacial score (nSPS) is 11.8. The highest BCUT2D eigenvalue weighted by Gasteiger charge is 2.22. The lowest BCUT2D eigenvalue weighted by Gasteiger charge is -2.28. The molecule has 2 aromatic heterocycles. The highest BCUT2D eigenvalue weighted by atomic mass is 16.3. The number of rotatable bonds is 5. The summed E-state index contributed by atoms with van der Waals surface area (Å²) in [5.41, 5.74) is 12.1. The van der Waals surface area contributed by atoms with Gasteiger partial charge >= 0.3 is 0 Å². The van der Waals surface area contributed by atoms with Crippen LogP contribution in [0.15, 0.2) is 192 Å². The summed E-state index contributed by atoms with van der Waals surface area (Å²) >= 11 is 0. The molecule has 3 heteroatoms. The van der Waals surface area contributed by atoms with E-state index >= 15 is 0 Å². The summed E-state index contributed by atoms with van der Waals surface area (Å²) in [6.07, 6.45) is 0. The fourth-order valence-corrected chi connectivity index (χ4v) is 8.64. The summed E-state index contributed by atoms with van der Waals surface area (Å²) in [7, 11) is 0. The molecule has 0 N–H and O–H groups in total. The van der Waals surface area contributed by atoms with Crippen LogP contribution in [0.3, 0.4) is 0 Å². The van der Waals surface area contributed by atoms with E-state index in [9.17, 15) is 0 Å². The highest BCUT2D eigenvalue weighted by molar-refractivity contribution is 6.21. The van der Waals surface area contributed by atoms with Crippen molar-refractivity contribution in [3.05, 3.63) is 194 Å². The Morgan fingerprint density at radius 1 is 0.463 bits per heavy atom. The number of aryl methyl sites for hydroxylation is 1. The lowest BCUT2D eigenvalue weighted by molar-refractivity contribution is 0.672. The maximum absolute atomic E-state index is 6.63. The molecule has 3 nitrogen and oxygen atoms in total. The molecule has 0 bridgehead atoms. The third kappa shape index (κ3) is 4.62. The molecule has 0 amide bonds. The lowest BCUT2D eigenvalue weighted by atomic mass is 10.00. The lowest BCUT2D eigenvalue weighted by Crippen LogP contribution is -2.11. The van der Waals surface area contributed by atoms with E-state index in [0.29, 0.717) is 0 Å². The average Bonchev–Trinajstić information content (AvgIpc) is 3.79. The van der Waals surface area contributed by atoms with Crippen LogP contribution in [-0.4, -0.2) is 4.57 Å². The van der Waals surface area contributed by atoms with E-state index in [0.717, 1.165) is 61.0 Å². The van der Waals surface area contributed by atoms with Crippen LogP contribution in [0.4, 0.5) is 17.1 Å². The zero-order valence-corrected chi connectivity index (χ0v) is 29.7. The van der Waals surface area contributed by atoms with Crippen molar-refractivity contribution in [3.63, 3.8) is 0 Å². The maximum Gasteiger partial charge on any atom is 0.143 e. The van der Waals surface area contributed by atoms with E-state index in [-0.39, 0.29) is 0 Å². The van der Waals surface area contributed by atoms with Crippen LogP contribution in [0.2, 0.25) is 0 Å². The van der Waals surface area contributed by atoms with Gasteiger partial charge in [-0.3, -0.25) is 0 Å². The monoisotopic (exact) mass is 690 g/mol. The van der Waals surface area contributed by atoms with Gasteiger partial charge < -0.3 is 13.9 Å². The van der Waals surface area contributed by atoms with Crippen molar-refractivity contribution in [2.24, 2.45) is 0 Å². The first-order valence-electron chi connectivity index (χ1n) is 18.5. The SMILES string of the molecule is Cc1cccc2oc3c4ccccc4c(N(c4cccc(-c5ccccc5)c4)c4cccc(-n5c6ccccc6c6ccc7ccccc7c65)c4)cc3c12. The number of furan rings is 1. The van der Waals surface area contributed by atoms with E-state index < -0.39 is 0 Å². The molecule has 0 aliphatic carbocycles. The predicted octanol–water partition coefficient (Wildman–Crippen LogP) is 14.4. The van der Waals surface area contributed by atoms with Gasteiger partial charge in [-0.15, -0.1) is 0 Å². The van der Waals surface area contributed by atoms with Crippen LogP contribution in [0, 0.1) is 6.92 Å². The van der Waals surface area contributed by atoms with Gasteiger partial charge in [0.25, 0.3) is 0 Å². The van der Waals surface area contributed by atoms with Gasteiger partial charge in [0.2, 0.25) is 0 Å². The van der Waals surface area contributed by atoms with Crippen molar-refractivity contribution >= 4 is 82.4 Å². The van der Waals surface area contributed by atoms with Gasteiger partial charge in [0.15, 0.2) is 0 Å². The van der Waals surface area contributed by atoms with Crippen LogP contribution < -0.4 is 4.90 Å². The van der Waals surface area contributed by atoms with Gasteiger partial charge in [-0.1, -0.05) is 140 Å². The second kappa shape index (κ2) is 12.0. The minimum absolute atomic E-state index is 0.908. The number of anilines is 3. The molecule has 0 radical (unpaired) electrons. The number of aromatic nitrogens is 1. The number of nitrogens with zero attached hydrogens (tertiary/aromatic N) is 2. The minimum atomic E-state index is 0.908. The molecular formula is C51H34N2O. The molecule has 9 aromatic carbocycles. The summed E-state index contributed by atoms with van der Waals surface area (Å²) in [5.74, 6) is 0. The van der Waals surface area contributed by atoms with Crippen molar-refractivity contribution in [2.75, 3.05) is 4.90 Å². The minimum Gasteiger partial charge on any atom is -0.455 e. The Bertz CT molecular complexity index is 3240. The van der Waals surface area contributed by atoms with E-state index in [4.69, 9.17) is 4.42 Å². The molecule has 0 aliphatic rings. The standard InChI is InChI=1S/C51H34N2O/c1-33-14-11-27-48-49(33)45-32-47(42-24-7-8-25-44(42)51(45)54-48)52(37-19-12-18-36(30-37)34-15-3-2-4-16-34)38-20-13-21-39(31-38)53-46-26-10-9-23-41(46)43-29-28-35-17-5-6-22-40(35)50(43)53/h2-32H,1H3. The van der Waals surface area contributed by atoms with Crippen molar-refractivity contribution in [1.82, 2.24) is 4.57 Å². The summed E-state index contributed by atoms with van der Waals surface area (Å²) in [6, 6.07) is 67.9. The smallest absolute Gasteiger partial charge is 0.143 e. The van der Waals surface area contributed by atoms with Gasteiger partial charge in [-0.05, 0) is 77.5 Å². The molecule has 0 fully saturated rings. The average molecular weight is 691 g/mol. The van der Waals surface area contributed by atoms with Crippen molar-refractivity contribution in [3.8, 4) is 16.8 Å². The fraction of sp³-hybridized carbons (Fsp3) is 0.0196. The van der Waals surface area contributed by atoms with Gasteiger partial charge in [0, 0.05) is 54.8 Å². The Labute approximate surface area is 312 Å². The Hall–Kier alpha value is -7.10. The molecule has 54 heavy (non-hydrogen) atoms. The molecule has 0 aliphatic heterocycles. The van der Waals surface area contributed by atoms with E-state index in [1.54, 1.807) is 0 Å². The largest absolute Gasteiger partial charge is 0.455 e. The van der Waals surface area contributed by atoms with Crippen LogP contribution in [0.5, 0.6) is 0 Å². The summed E-state index contributed by atoms with van der Waals surface area (Å²) in [6.45, 7) is 2.17. The van der Waals surface area contributed by atoms with Crippen LogP contribution >= 0.6 is 0 Å². The van der Waals surface area contributed by atoms with E-state index in [1.807, 2.05) is 0 Å². The third-order valence-corrected chi connectivity index (χ3v) is 11.0. The summed E-state index contributed by atoms with van der Waals surface area (Å²) in [4.78, 5) is 2.43. The number of para-hydroxylation sites is 1. The van der Waals surface area contributed by atoms with Crippen molar-refractivity contribution < 1.29 is 4.42 Å². The van der Waals surface area contributed by atoms with E-state index in [2.05, 4.69) is 204 Å².